The number of anilines is 3. The molecule has 2 fully saturated rings. The first kappa shape index (κ1) is 21.9. The molecule has 2 aliphatic rings. The van der Waals surface area contributed by atoms with E-state index in [2.05, 4.69) is 75.7 Å². The summed E-state index contributed by atoms with van der Waals surface area (Å²) in [6.07, 6.45) is 5.32. The third kappa shape index (κ3) is 4.95. The van der Waals surface area contributed by atoms with Gasteiger partial charge in [-0.3, -0.25) is 4.90 Å². The van der Waals surface area contributed by atoms with E-state index in [9.17, 15) is 0 Å². The van der Waals surface area contributed by atoms with Crippen molar-refractivity contribution in [2.24, 2.45) is 0 Å². The van der Waals surface area contributed by atoms with E-state index in [0.29, 0.717) is 0 Å². The first-order chi connectivity index (χ1) is 17.3. The van der Waals surface area contributed by atoms with E-state index in [4.69, 9.17) is 4.74 Å². The van der Waals surface area contributed by atoms with Crippen LogP contribution >= 0.6 is 0 Å². The largest absolute Gasteiger partial charge is 0.378 e. The van der Waals surface area contributed by atoms with E-state index in [1.165, 1.54) is 0 Å². The Morgan fingerprint density at radius 2 is 1.66 bits per heavy atom. The van der Waals surface area contributed by atoms with Crippen molar-refractivity contribution in [1.29, 1.82) is 0 Å². The molecule has 0 atom stereocenters. The van der Waals surface area contributed by atoms with Gasteiger partial charge < -0.3 is 25.3 Å². The van der Waals surface area contributed by atoms with Crippen molar-refractivity contribution < 1.29 is 4.74 Å². The van der Waals surface area contributed by atoms with Gasteiger partial charge in [0.2, 0.25) is 0 Å². The number of ether oxygens (including phenoxy) is 1. The Labute approximate surface area is 203 Å². The van der Waals surface area contributed by atoms with Crippen molar-refractivity contribution in [1.82, 2.24) is 35.1 Å². The molecule has 0 spiro atoms. The zero-order valence-corrected chi connectivity index (χ0v) is 19.6. The number of benzene rings is 1. The lowest BCUT2D eigenvalue weighted by atomic mass is 10.1. The molecule has 0 radical (unpaired) electrons. The normalized spacial score (nSPS) is 17.1. The van der Waals surface area contributed by atoms with Crippen LogP contribution in [-0.4, -0.2) is 82.3 Å². The summed E-state index contributed by atoms with van der Waals surface area (Å²) in [6.45, 7) is 8.04. The summed E-state index contributed by atoms with van der Waals surface area (Å²) < 4.78 is 5.49. The van der Waals surface area contributed by atoms with E-state index in [1.54, 1.807) is 6.33 Å². The highest BCUT2D eigenvalue weighted by molar-refractivity contribution is 5.92. The van der Waals surface area contributed by atoms with Gasteiger partial charge in [0.15, 0.2) is 0 Å². The van der Waals surface area contributed by atoms with Crippen molar-refractivity contribution in [3.8, 4) is 11.3 Å². The lowest BCUT2D eigenvalue weighted by molar-refractivity contribution is 0.122. The Balaban J connectivity index is 1.14. The molecule has 0 saturated carbocycles. The third-order valence-electron chi connectivity index (χ3n) is 6.48. The monoisotopic (exact) mass is 471 g/mol. The average Bonchev–Trinajstić information content (AvgIpc) is 3.36. The molecule has 3 N–H and O–H groups in total. The van der Waals surface area contributed by atoms with Crippen molar-refractivity contribution in [2.75, 3.05) is 62.7 Å². The van der Waals surface area contributed by atoms with Crippen molar-refractivity contribution in [2.45, 2.75) is 6.54 Å². The predicted octanol–water partition coefficient (Wildman–Crippen LogP) is 2.40. The van der Waals surface area contributed by atoms with Gasteiger partial charge in [-0.1, -0.05) is 12.1 Å². The van der Waals surface area contributed by atoms with E-state index in [0.717, 1.165) is 104 Å². The minimum Gasteiger partial charge on any atom is -0.378 e. The maximum atomic E-state index is 5.49. The first-order valence-corrected chi connectivity index (χ1v) is 12.1. The van der Waals surface area contributed by atoms with Gasteiger partial charge in [-0.2, -0.15) is 0 Å². The fourth-order valence-corrected chi connectivity index (χ4v) is 4.58. The second kappa shape index (κ2) is 9.95. The topological polar surface area (TPSA) is 107 Å². The Morgan fingerprint density at radius 1 is 0.886 bits per heavy atom. The van der Waals surface area contributed by atoms with Crippen LogP contribution in [0.25, 0.3) is 22.3 Å². The number of aromatic nitrogens is 5. The smallest absolute Gasteiger partial charge is 0.143 e. The molecule has 3 aromatic heterocycles. The van der Waals surface area contributed by atoms with Gasteiger partial charge in [-0.15, -0.1) is 0 Å². The van der Waals surface area contributed by atoms with Gasteiger partial charge in [0.25, 0.3) is 0 Å². The maximum Gasteiger partial charge on any atom is 0.143 e. The van der Waals surface area contributed by atoms with Crippen molar-refractivity contribution in [3.63, 3.8) is 0 Å². The number of nitrogens with one attached hydrogen (secondary N) is 3. The van der Waals surface area contributed by atoms with Crippen LogP contribution in [-0.2, 0) is 11.3 Å². The van der Waals surface area contributed by atoms with Crippen LogP contribution in [0.5, 0.6) is 0 Å². The van der Waals surface area contributed by atoms with E-state index in [-0.39, 0.29) is 0 Å². The molecule has 1 aromatic carbocycles. The SMILES string of the molecule is c1nc(N2CCOCC2)c2cc(-c3ccc(Nc4cnc(CN5CCNCC5)nc4)cc3)[nH]c2n1. The maximum absolute atomic E-state index is 5.49. The summed E-state index contributed by atoms with van der Waals surface area (Å²) in [5.74, 6) is 1.81. The van der Waals surface area contributed by atoms with Crippen LogP contribution in [0.3, 0.4) is 0 Å². The number of hydrogen-bond donors (Lipinski definition) is 3. The standard InChI is InChI=1S/C25H29N9O/c1-3-19(31-20-14-27-23(28-15-20)16-33-7-5-26-6-8-33)4-2-18(1)22-13-21-24(32-22)29-17-30-25(21)34-9-11-35-12-10-34/h1-4,13-15,17,26,31H,5-12,16H2,(H,29,30,32). The number of hydrogen-bond acceptors (Lipinski definition) is 9. The number of nitrogens with zero attached hydrogens (tertiary/aromatic N) is 6. The van der Waals surface area contributed by atoms with Crippen LogP contribution < -0.4 is 15.5 Å². The van der Waals surface area contributed by atoms with E-state index in [1.807, 2.05) is 12.4 Å². The summed E-state index contributed by atoms with van der Waals surface area (Å²) in [5, 5.41) is 7.79. The molecular formula is C25H29N9O. The molecule has 0 aliphatic carbocycles. The summed E-state index contributed by atoms with van der Waals surface area (Å²) >= 11 is 0. The number of rotatable bonds is 6. The molecule has 35 heavy (non-hydrogen) atoms. The third-order valence-corrected chi connectivity index (χ3v) is 6.48. The van der Waals surface area contributed by atoms with Crippen LogP contribution in [0.15, 0.2) is 49.1 Å². The molecule has 0 bridgehead atoms. The summed E-state index contributed by atoms with van der Waals surface area (Å²) in [4.78, 5) is 26.1. The highest BCUT2D eigenvalue weighted by atomic mass is 16.5. The Bertz CT molecular complexity index is 1260. The summed E-state index contributed by atoms with van der Waals surface area (Å²) in [6, 6.07) is 10.4. The van der Waals surface area contributed by atoms with Gasteiger partial charge in [-0.25, -0.2) is 19.9 Å². The van der Waals surface area contributed by atoms with Crippen molar-refractivity contribution in [3.05, 3.63) is 54.9 Å². The molecule has 4 aromatic rings. The van der Waals surface area contributed by atoms with E-state index < -0.39 is 0 Å². The average molecular weight is 472 g/mol. The first-order valence-electron chi connectivity index (χ1n) is 12.1. The Hall–Kier alpha value is -3.60. The number of morpholine rings is 1. The predicted molar refractivity (Wildman–Crippen MR) is 136 cm³/mol. The number of piperazine rings is 1. The molecule has 0 unspecified atom stereocenters. The molecule has 0 amide bonds. The van der Waals surface area contributed by atoms with Gasteiger partial charge in [0.05, 0.1) is 43.2 Å². The lowest BCUT2D eigenvalue weighted by Gasteiger charge is -2.27. The zero-order valence-electron chi connectivity index (χ0n) is 19.6. The van der Waals surface area contributed by atoms with Gasteiger partial charge in [-0.05, 0) is 23.8 Å². The molecule has 5 heterocycles. The summed E-state index contributed by atoms with van der Waals surface area (Å²) in [7, 11) is 0. The molecule has 2 aliphatic heterocycles. The molecule has 10 nitrogen and oxygen atoms in total. The highest BCUT2D eigenvalue weighted by Crippen LogP contribution is 2.30. The molecule has 10 heteroatoms. The van der Waals surface area contributed by atoms with Gasteiger partial charge >= 0.3 is 0 Å². The second-order valence-electron chi connectivity index (χ2n) is 8.86. The highest BCUT2D eigenvalue weighted by Gasteiger charge is 2.17. The molecule has 2 saturated heterocycles. The lowest BCUT2D eigenvalue weighted by Crippen LogP contribution is -2.43. The number of aromatic amines is 1. The van der Waals surface area contributed by atoms with Crippen LogP contribution in [0.1, 0.15) is 5.82 Å². The fourth-order valence-electron chi connectivity index (χ4n) is 4.58. The van der Waals surface area contributed by atoms with Crippen LogP contribution in [0, 0.1) is 0 Å². The molecular weight excluding hydrogens is 442 g/mol. The minimum absolute atomic E-state index is 0.723. The fraction of sp³-hybridized carbons (Fsp3) is 0.360. The van der Waals surface area contributed by atoms with E-state index >= 15 is 0 Å². The van der Waals surface area contributed by atoms with Crippen LogP contribution in [0.2, 0.25) is 0 Å². The second-order valence-corrected chi connectivity index (χ2v) is 8.86. The molecule has 180 valence electrons. The van der Waals surface area contributed by atoms with Crippen LogP contribution in [0.4, 0.5) is 17.2 Å². The summed E-state index contributed by atoms with van der Waals surface area (Å²) in [5.41, 5.74) is 4.80. The zero-order chi connectivity index (χ0) is 23.5. The quantitative estimate of drug-likeness (QED) is 0.391. The minimum atomic E-state index is 0.723. The number of H-pyrrole nitrogens is 1. The molecule has 6 rings (SSSR count). The number of fused-ring (bicyclic) bond motifs is 1. The van der Waals surface area contributed by atoms with Gasteiger partial charge in [0.1, 0.15) is 23.6 Å². The Morgan fingerprint density at radius 3 is 2.43 bits per heavy atom. The Kier molecular flexibility index (Phi) is 6.22. The van der Waals surface area contributed by atoms with Crippen molar-refractivity contribution >= 4 is 28.2 Å². The van der Waals surface area contributed by atoms with Gasteiger partial charge in [0, 0.05) is 50.6 Å².